The number of carbonyl (C=O) groups is 1. The SMILES string of the molecule is O=C(O)c1ccc2c(C3CCCCC3)c3n(c2c1)CCCn1cc(CCCN2CCOCC2)c2cccc-3c21. The molecule has 0 atom stereocenters. The molecule has 0 amide bonds. The molecular formula is C33H39N3O3. The number of morpholine rings is 1. The number of carboxylic acid groups (broad SMARTS) is 1. The standard InChI is InChI=1S/C33H39N3O3/c37-33(38)24-12-13-27-29(21-24)36-16-6-15-35-22-25(9-5-14-34-17-19-39-20-18-34)26-10-4-11-28(31(26)35)32(36)30(27)23-7-2-1-3-8-23/h4,10-13,21-23H,1-3,5-9,14-20H2,(H,37,38). The molecule has 2 aliphatic heterocycles. The second-order valence-electron chi connectivity index (χ2n) is 11.7. The molecule has 204 valence electrons. The van der Waals surface area contributed by atoms with Crippen molar-refractivity contribution < 1.29 is 14.6 Å². The van der Waals surface area contributed by atoms with Gasteiger partial charge in [-0.3, -0.25) is 4.90 Å². The third-order valence-electron chi connectivity index (χ3n) is 9.40. The summed E-state index contributed by atoms with van der Waals surface area (Å²) in [6, 6.07) is 12.7. The number of aromatic carboxylic acids is 1. The van der Waals surface area contributed by atoms with Crippen molar-refractivity contribution in [2.45, 2.75) is 70.4 Å². The van der Waals surface area contributed by atoms with Gasteiger partial charge in [-0.1, -0.05) is 43.5 Å². The maximum atomic E-state index is 11.9. The fourth-order valence-electron chi connectivity index (χ4n) is 7.55. The largest absolute Gasteiger partial charge is 0.478 e. The van der Waals surface area contributed by atoms with Gasteiger partial charge in [-0.2, -0.15) is 0 Å². The number of hydrogen-bond acceptors (Lipinski definition) is 3. The number of benzene rings is 2. The number of aromatic nitrogens is 2. The Morgan fingerprint density at radius 1 is 0.949 bits per heavy atom. The van der Waals surface area contributed by atoms with Crippen LogP contribution in [0.5, 0.6) is 0 Å². The van der Waals surface area contributed by atoms with E-state index in [-0.39, 0.29) is 0 Å². The summed E-state index contributed by atoms with van der Waals surface area (Å²) >= 11 is 0. The lowest BCUT2D eigenvalue weighted by Gasteiger charge is -2.26. The Morgan fingerprint density at radius 3 is 2.62 bits per heavy atom. The summed E-state index contributed by atoms with van der Waals surface area (Å²) in [6.07, 6.45) is 12.0. The van der Waals surface area contributed by atoms with E-state index in [9.17, 15) is 9.90 Å². The van der Waals surface area contributed by atoms with E-state index in [4.69, 9.17) is 4.74 Å². The van der Waals surface area contributed by atoms with Crippen LogP contribution in [0.2, 0.25) is 0 Å². The topological polar surface area (TPSA) is 59.6 Å². The summed E-state index contributed by atoms with van der Waals surface area (Å²) in [6.45, 7) is 6.81. The van der Waals surface area contributed by atoms with Gasteiger partial charge in [0.2, 0.25) is 0 Å². The third kappa shape index (κ3) is 4.48. The van der Waals surface area contributed by atoms with Crippen LogP contribution in [0.3, 0.4) is 0 Å². The van der Waals surface area contributed by atoms with Crippen LogP contribution in [0.1, 0.15) is 72.3 Å². The maximum Gasteiger partial charge on any atom is 0.335 e. The van der Waals surface area contributed by atoms with Gasteiger partial charge in [-0.05, 0) is 67.8 Å². The first-order chi connectivity index (χ1) is 19.2. The van der Waals surface area contributed by atoms with E-state index in [1.165, 1.54) is 70.8 Å². The predicted octanol–water partition coefficient (Wildman–Crippen LogP) is 6.68. The van der Waals surface area contributed by atoms with Crippen LogP contribution < -0.4 is 0 Å². The summed E-state index contributed by atoms with van der Waals surface area (Å²) in [4.78, 5) is 14.5. The van der Waals surface area contributed by atoms with E-state index in [1.54, 1.807) is 6.07 Å². The average Bonchev–Trinajstić information content (AvgIpc) is 3.48. The number of carboxylic acids is 1. The number of hydrogen-bond donors (Lipinski definition) is 1. The summed E-state index contributed by atoms with van der Waals surface area (Å²) in [7, 11) is 0. The molecule has 0 spiro atoms. The lowest BCUT2D eigenvalue weighted by Crippen LogP contribution is -2.36. The fourth-order valence-corrected chi connectivity index (χ4v) is 7.55. The molecule has 0 radical (unpaired) electrons. The summed E-state index contributed by atoms with van der Waals surface area (Å²) in [5, 5.41) is 12.4. The number of ether oxygens (including phenoxy) is 1. The number of aryl methyl sites for hydroxylation is 3. The van der Waals surface area contributed by atoms with Gasteiger partial charge >= 0.3 is 5.97 Å². The Balaban J connectivity index is 1.36. The molecule has 2 aromatic carbocycles. The van der Waals surface area contributed by atoms with Gasteiger partial charge in [0, 0.05) is 54.2 Å². The Bertz CT molecular complexity index is 1520. The maximum absolute atomic E-state index is 11.9. The number of para-hydroxylation sites is 1. The van der Waals surface area contributed by atoms with E-state index in [0.29, 0.717) is 11.5 Å². The minimum absolute atomic E-state index is 0.379. The molecule has 39 heavy (non-hydrogen) atoms. The highest BCUT2D eigenvalue weighted by Gasteiger charge is 2.29. The van der Waals surface area contributed by atoms with Gasteiger partial charge in [0.1, 0.15) is 0 Å². The molecule has 0 unspecified atom stereocenters. The molecule has 4 heterocycles. The smallest absolute Gasteiger partial charge is 0.335 e. The van der Waals surface area contributed by atoms with E-state index < -0.39 is 5.97 Å². The van der Waals surface area contributed by atoms with Crippen molar-refractivity contribution in [3.63, 3.8) is 0 Å². The van der Waals surface area contributed by atoms with Crippen molar-refractivity contribution >= 4 is 27.8 Å². The molecule has 6 heteroatoms. The highest BCUT2D eigenvalue weighted by Crippen LogP contribution is 2.47. The Kier molecular flexibility index (Phi) is 6.69. The van der Waals surface area contributed by atoms with Crippen molar-refractivity contribution in [1.82, 2.24) is 14.0 Å². The normalized spacial score (nSPS) is 18.8. The number of fused-ring (bicyclic) bond motifs is 4. The van der Waals surface area contributed by atoms with E-state index in [2.05, 4.69) is 44.5 Å². The number of nitrogens with zero attached hydrogens (tertiary/aromatic N) is 3. The van der Waals surface area contributed by atoms with Crippen molar-refractivity contribution in [2.75, 3.05) is 32.8 Å². The molecule has 2 fully saturated rings. The van der Waals surface area contributed by atoms with Crippen molar-refractivity contribution in [3.05, 3.63) is 59.3 Å². The minimum Gasteiger partial charge on any atom is -0.478 e. The quantitative estimate of drug-likeness (QED) is 0.305. The fraction of sp³-hybridized carbons (Fsp3) is 0.485. The van der Waals surface area contributed by atoms with Crippen LogP contribution in [-0.4, -0.2) is 58.0 Å². The van der Waals surface area contributed by atoms with E-state index >= 15 is 0 Å². The lowest BCUT2D eigenvalue weighted by molar-refractivity contribution is 0.0375. The summed E-state index contributed by atoms with van der Waals surface area (Å²) in [5.41, 5.74) is 8.40. The Hall–Kier alpha value is -3.09. The first-order valence-corrected chi connectivity index (χ1v) is 15.0. The van der Waals surface area contributed by atoms with Gasteiger partial charge in [0.05, 0.1) is 30.0 Å². The van der Waals surface area contributed by atoms with E-state index in [0.717, 1.165) is 70.7 Å². The second-order valence-corrected chi connectivity index (χ2v) is 11.7. The molecule has 7 rings (SSSR count). The zero-order valence-electron chi connectivity index (χ0n) is 22.8. The van der Waals surface area contributed by atoms with Gasteiger partial charge in [0.25, 0.3) is 0 Å². The summed E-state index contributed by atoms with van der Waals surface area (Å²) in [5.74, 6) is -0.325. The molecule has 0 bridgehead atoms. The van der Waals surface area contributed by atoms with Gasteiger partial charge in [-0.25, -0.2) is 4.79 Å². The van der Waals surface area contributed by atoms with Crippen LogP contribution >= 0.6 is 0 Å². The monoisotopic (exact) mass is 525 g/mol. The van der Waals surface area contributed by atoms with Crippen LogP contribution in [0, 0.1) is 0 Å². The van der Waals surface area contributed by atoms with Crippen LogP contribution in [0.15, 0.2) is 42.6 Å². The third-order valence-corrected chi connectivity index (χ3v) is 9.40. The van der Waals surface area contributed by atoms with Crippen molar-refractivity contribution in [3.8, 4) is 11.3 Å². The molecule has 1 saturated heterocycles. The Morgan fingerprint density at radius 2 is 1.79 bits per heavy atom. The second kappa shape index (κ2) is 10.5. The first kappa shape index (κ1) is 24.9. The highest BCUT2D eigenvalue weighted by atomic mass is 16.5. The molecule has 4 aromatic rings. The molecule has 2 aromatic heterocycles. The van der Waals surface area contributed by atoms with Crippen LogP contribution in [0.25, 0.3) is 33.1 Å². The van der Waals surface area contributed by atoms with Gasteiger partial charge in [0.15, 0.2) is 0 Å². The van der Waals surface area contributed by atoms with Crippen molar-refractivity contribution in [2.24, 2.45) is 0 Å². The van der Waals surface area contributed by atoms with Crippen molar-refractivity contribution in [1.29, 1.82) is 0 Å². The zero-order chi connectivity index (χ0) is 26.3. The van der Waals surface area contributed by atoms with Gasteiger partial charge in [-0.15, -0.1) is 0 Å². The Labute approximate surface area is 230 Å². The molecule has 1 aliphatic carbocycles. The zero-order valence-corrected chi connectivity index (χ0v) is 22.8. The molecular weight excluding hydrogens is 486 g/mol. The number of rotatable bonds is 6. The molecule has 1 N–H and O–H groups in total. The minimum atomic E-state index is -0.852. The predicted molar refractivity (Wildman–Crippen MR) is 156 cm³/mol. The summed E-state index contributed by atoms with van der Waals surface area (Å²) < 4.78 is 10.5. The van der Waals surface area contributed by atoms with Crippen LogP contribution in [-0.2, 0) is 24.2 Å². The molecule has 6 nitrogen and oxygen atoms in total. The first-order valence-electron chi connectivity index (χ1n) is 15.0. The van der Waals surface area contributed by atoms with E-state index in [1.807, 2.05) is 6.07 Å². The highest BCUT2D eigenvalue weighted by molar-refractivity contribution is 6.03. The lowest BCUT2D eigenvalue weighted by atomic mass is 9.81. The average molecular weight is 526 g/mol. The van der Waals surface area contributed by atoms with Crippen LogP contribution in [0.4, 0.5) is 0 Å². The molecule has 3 aliphatic rings. The molecule has 1 saturated carbocycles. The van der Waals surface area contributed by atoms with Gasteiger partial charge < -0.3 is 19.0 Å².